The summed E-state index contributed by atoms with van der Waals surface area (Å²) in [6.07, 6.45) is 0. The van der Waals surface area contributed by atoms with Crippen molar-refractivity contribution in [1.29, 1.82) is 0 Å². The summed E-state index contributed by atoms with van der Waals surface area (Å²) in [5, 5.41) is 0. The second kappa shape index (κ2) is 7.86. The SMILES string of the molecule is FC(SN1CCOCC1)C(F)SN1CCOCC1. The molecule has 0 aromatic rings. The third kappa shape index (κ3) is 4.82. The van der Waals surface area contributed by atoms with Crippen LogP contribution in [0.3, 0.4) is 0 Å². The van der Waals surface area contributed by atoms with Gasteiger partial charge in [-0.2, -0.15) is 0 Å². The van der Waals surface area contributed by atoms with Gasteiger partial charge >= 0.3 is 0 Å². The molecule has 4 nitrogen and oxygen atoms in total. The molecule has 2 aliphatic heterocycles. The molecular weight excluding hydrogens is 282 g/mol. The van der Waals surface area contributed by atoms with E-state index in [1.807, 2.05) is 8.61 Å². The van der Waals surface area contributed by atoms with Crippen LogP contribution in [-0.4, -0.2) is 72.2 Å². The molecule has 0 saturated carbocycles. The van der Waals surface area contributed by atoms with Crippen LogP contribution in [0.2, 0.25) is 0 Å². The fraction of sp³-hybridized carbons (Fsp3) is 1.00. The lowest BCUT2D eigenvalue weighted by Gasteiger charge is -2.30. The van der Waals surface area contributed by atoms with Crippen molar-refractivity contribution in [3.63, 3.8) is 0 Å². The van der Waals surface area contributed by atoms with E-state index < -0.39 is 11.0 Å². The van der Waals surface area contributed by atoms with E-state index >= 15 is 0 Å². The summed E-state index contributed by atoms with van der Waals surface area (Å²) in [6, 6.07) is 0. The third-order valence-electron chi connectivity index (χ3n) is 2.65. The van der Waals surface area contributed by atoms with Gasteiger partial charge in [0, 0.05) is 26.2 Å². The van der Waals surface area contributed by atoms with E-state index in [4.69, 9.17) is 9.47 Å². The van der Waals surface area contributed by atoms with Gasteiger partial charge in [-0.1, -0.05) is 0 Å². The molecule has 0 radical (unpaired) electrons. The van der Waals surface area contributed by atoms with Gasteiger partial charge in [0.1, 0.15) is 0 Å². The van der Waals surface area contributed by atoms with Crippen molar-refractivity contribution in [2.75, 3.05) is 52.6 Å². The van der Waals surface area contributed by atoms with E-state index in [0.717, 1.165) is 23.9 Å². The van der Waals surface area contributed by atoms with Crippen LogP contribution in [0.25, 0.3) is 0 Å². The minimum absolute atomic E-state index is 0.591. The molecule has 2 atom stereocenters. The molecule has 2 heterocycles. The van der Waals surface area contributed by atoms with Crippen LogP contribution in [-0.2, 0) is 9.47 Å². The maximum atomic E-state index is 13.8. The molecule has 106 valence electrons. The first-order valence-corrected chi connectivity index (χ1v) is 7.70. The van der Waals surface area contributed by atoms with E-state index in [1.165, 1.54) is 0 Å². The van der Waals surface area contributed by atoms with Gasteiger partial charge in [0.25, 0.3) is 0 Å². The van der Waals surface area contributed by atoms with E-state index in [1.54, 1.807) is 0 Å². The molecule has 2 rings (SSSR count). The molecule has 0 aromatic heterocycles. The lowest BCUT2D eigenvalue weighted by atomic mass is 10.5. The van der Waals surface area contributed by atoms with Gasteiger partial charge in [-0.3, -0.25) is 0 Å². The molecule has 0 spiro atoms. The quantitative estimate of drug-likeness (QED) is 0.714. The van der Waals surface area contributed by atoms with Crippen molar-refractivity contribution in [2.24, 2.45) is 0 Å². The van der Waals surface area contributed by atoms with Crippen LogP contribution < -0.4 is 0 Å². The number of ether oxygens (including phenoxy) is 2. The first-order chi connectivity index (χ1) is 8.75. The topological polar surface area (TPSA) is 24.9 Å². The smallest absolute Gasteiger partial charge is 0.201 e. The van der Waals surface area contributed by atoms with Crippen LogP contribution in [0.15, 0.2) is 0 Å². The number of rotatable bonds is 5. The third-order valence-corrected chi connectivity index (χ3v) is 5.03. The van der Waals surface area contributed by atoms with Crippen LogP contribution in [0.5, 0.6) is 0 Å². The summed E-state index contributed by atoms with van der Waals surface area (Å²) >= 11 is 1.90. The first-order valence-electron chi connectivity index (χ1n) is 6.03. The van der Waals surface area contributed by atoms with Crippen molar-refractivity contribution < 1.29 is 18.3 Å². The Morgan fingerprint density at radius 3 is 1.39 bits per heavy atom. The molecule has 8 heteroatoms. The number of halogens is 2. The minimum Gasteiger partial charge on any atom is -0.379 e. The average molecular weight is 300 g/mol. The summed E-state index contributed by atoms with van der Waals surface area (Å²) in [4.78, 5) is 0. The van der Waals surface area contributed by atoms with Gasteiger partial charge in [0.05, 0.1) is 26.4 Å². The van der Waals surface area contributed by atoms with Crippen molar-refractivity contribution in [3.05, 3.63) is 0 Å². The van der Waals surface area contributed by atoms with Gasteiger partial charge in [-0.15, -0.1) is 0 Å². The molecule has 2 aliphatic rings. The Balaban J connectivity index is 1.68. The van der Waals surface area contributed by atoms with Crippen LogP contribution in [0, 0.1) is 0 Å². The fourth-order valence-electron chi connectivity index (χ4n) is 1.68. The number of hydrogen-bond donors (Lipinski definition) is 0. The molecule has 0 bridgehead atoms. The van der Waals surface area contributed by atoms with E-state index in [0.29, 0.717) is 52.6 Å². The normalized spacial score (nSPS) is 27.0. The van der Waals surface area contributed by atoms with Gasteiger partial charge < -0.3 is 9.47 Å². The van der Waals surface area contributed by atoms with Crippen LogP contribution >= 0.6 is 23.9 Å². The Bertz CT molecular complexity index is 218. The average Bonchev–Trinajstić information content (AvgIpc) is 2.41. The molecule has 18 heavy (non-hydrogen) atoms. The predicted molar refractivity (Wildman–Crippen MR) is 69.8 cm³/mol. The number of morpholine rings is 2. The summed E-state index contributed by atoms with van der Waals surface area (Å²) in [7, 11) is 0. The highest BCUT2D eigenvalue weighted by molar-refractivity contribution is 8.01. The molecule has 2 unspecified atom stereocenters. The predicted octanol–water partition coefficient (Wildman–Crippen LogP) is 1.54. The Morgan fingerprint density at radius 2 is 1.06 bits per heavy atom. The highest BCUT2D eigenvalue weighted by atomic mass is 32.2. The fourth-order valence-corrected chi connectivity index (χ4v) is 3.46. The zero-order valence-electron chi connectivity index (χ0n) is 10.1. The molecular formula is C10H18F2N2O2S2. The molecule has 2 saturated heterocycles. The summed E-state index contributed by atoms with van der Waals surface area (Å²) in [5.74, 6) is 0. The van der Waals surface area contributed by atoms with E-state index in [9.17, 15) is 8.78 Å². The number of nitrogens with zero attached hydrogens (tertiary/aromatic N) is 2. The second-order valence-electron chi connectivity index (χ2n) is 4.00. The standard InChI is InChI=1S/C10H18F2N2O2S2/c11-9(17-13-1-5-15-6-2-13)10(12)18-14-3-7-16-8-4-14/h9-10H,1-8H2. The zero-order valence-corrected chi connectivity index (χ0v) is 11.7. The minimum atomic E-state index is -1.53. The highest BCUT2D eigenvalue weighted by Gasteiger charge is 2.28. The first kappa shape index (κ1) is 14.8. The van der Waals surface area contributed by atoms with Gasteiger partial charge in [0.2, 0.25) is 11.0 Å². The van der Waals surface area contributed by atoms with Crippen LogP contribution in [0.4, 0.5) is 8.78 Å². The van der Waals surface area contributed by atoms with Gasteiger partial charge in [-0.05, 0) is 23.9 Å². The molecule has 0 aromatic carbocycles. The number of hydrogen-bond acceptors (Lipinski definition) is 6. The molecule has 2 fully saturated rings. The Morgan fingerprint density at radius 1 is 0.722 bits per heavy atom. The van der Waals surface area contributed by atoms with Gasteiger partial charge in [-0.25, -0.2) is 17.4 Å². The van der Waals surface area contributed by atoms with Gasteiger partial charge in [0.15, 0.2) is 0 Å². The summed E-state index contributed by atoms with van der Waals surface area (Å²) < 4.78 is 41.5. The second-order valence-corrected chi connectivity index (χ2v) is 6.35. The lowest BCUT2D eigenvalue weighted by molar-refractivity contribution is 0.0750. The largest absolute Gasteiger partial charge is 0.379 e. The maximum Gasteiger partial charge on any atom is 0.201 e. The van der Waals surface area contributed by atoms with E-state index in [-0.39, 0.29) is 0 Å². The summed E-state index contributed by atoms with van der Waals surface area (Å²) in [6.45, 7) is 4.97. The summed E-state index contributed by atoms with van der Waals surface area (Å²) in [5.41, 5.74) is -3.06. The van der Waals surface area contributed by atoms with E-state index in [2.05, 4.69) is 0 Å². The van der Waals surface area contributed by atoms with Crippen LogP contribution in [0.1, 0.15) is 0 Å². The Labute approximate surface area is 115 Å². The molecule has 0 amide bonds. The Kier molecular flexibility index (Phi) is 6.46. The van der Waals surface area contributed by atoms with Crippen molar-refractivity contribution in [2.45, 2.75) is 11.0 Å². The zero-order chi connectivity index (χ0) is 12.8. The van der Waals surface area contributed by atoms with Crippen molar-refractivity contribution >= 4 is 23.9 Å². The van der Waals surface area contributed by atoms with Crippen molar-refractivity contribution in [1.82, 2.24) is 8.61 Å². The molecule has 0 aliphatic carbocycles. The highest BCUT2D eigenvalue weighted by Crippen LogP contribution is 2.31. The monoisotopic (exact) mass is 300 g/mol. The maximum absolute atomic E-state index is 13.8. The molecule has 0 N–H and O–H groups in total. The number of alkyl halides is 2. The lowest BCUT2D eigenvalue weighted by Crippen LogP contribution is -2.35. The Hall–Kier alpha value is 0.400. The van der Waals surface area contributed by atoms with Crippen molar-refractivity contribution in [3.8, 4) is 0 Å².